The highest BCUT2D eigenvalue weighted by molar-refractivity contribution is 5.78. The molecule has 0 aromatic heterocycles. The van der Waals surface area contributed by atoms with E-state index >= 15 is 0 Å². The highest BCUT2D eigenvalue weighted by atomic mass is 16.2. The predicted octanol–water partition coefficient (Wildman–Crippen LogP) is 1.17. The van der Waals surface area contributed by atoms with Crippen LogP contribution in [0.25, 0.3) is 0 Å². The summed E-state index contributed by atoms with van der Waals surface area (Å²) in [6.45, 7) is 5.92. The normalized spacial score (nSPS) is 19.2. The number of nitrogens with two attached hydrogens (primary N) is 1. The van der Waals surface area contributed by atoms with Crippen molar-refractivity contribution in [2.75, 3.05) is 26.2 Å². The number of carbonyl (C=O) groups excluding carboxylic acids is 2. The summed E-state index contributed by atoms with van der Waals surface area (Å²) in [5.74, 6) is 0.0767. The summed E-state index contributed by atoms with van der Waals surface area (Å²) in [6, 6.07) is 9.98. The Labute approximate surface area is 137 Å². The van der Waals surface area contributed by atoms with Crippen LogP contribution in [0, 0.1) is 0 Å². The zero-order chi connectivity index (χ0) is 16.7. The second kappa shape index (κ2) is 8.53. The van der Waals surface area contributed by atoms with Gasteiger partial charge in [0.2, 0.25) is 5.91 Å². The molecule has 1 atom stereocenters. The molecule has 0 aliphatic carbocycles. The number of hydrogen-bond acceptors (Lipinski definition) is 3. The fraction of sp³-hybridized carbons (Fsp3) is 0.529. The van der Waals surface area contributed by atoms with Gasteiger partial charge in [-0.15, -0.1) is 0 Å². The lowest BCUT2D eigenvalue weighted by atomic mass is 10.2. The predicted molar refractivity (Wildman–Crippen MR) is 89.7 cm³/mol. The molecule has 2 rings (SSSR count). The molecule has 6 heteroatoms. The average molecular weight is 318 g/mol. The van der Waals surface area contributed by atoms with Crippen molar-refractivity contribution in [1.29, 1.82) is 0 Å². The summed E-state index contributed by atoms with van der Waals surface area (Å²) in [5.41, 5.74) is 6.32. The number of primary amides is 1. The maximum absolute atomic E-state index is 12.3. The summed E-state index contributed by atoms with van der Waals surface area (Å²) in [5, 5.41) is 2.47. The molecule has 1 aromatic rings. The Morgan fingerprint density at radius 2 is 2.00 bits per heavy atom. The van der Waals surface area contributed by atoms with Crippen molar-refractivity contribution >= 4 is 11.9 Å². The molecule has 126 valence electrons. The van der Waals surface area contributed by atoms with Crippen LogP contribution >= 0.6 is 0 Å². The number of carbonyl (C=O) groups is 2. The Hall–Kier alpha value is -2.08. The quantitative estimate of drug-likeness (QED) is 0.855. The third-order valence-corrected chi connectivity index (χ3v) is 4.14. The van der Waals surface area contributed by atoms with Crippen molar-refractivity contribution in [3.63, 3.8) is 0 Å². The van der Waals surface area contributed by atoms with E-state index in [1.165, 1.54) is 5.56 Å². The molecule has 0 bridgehead atoms. The lowest BCUT2D eigenvalue weighted by molar-refractivity contribution is -0.132. The number of nitrogens with one attached hydrogen (secondary N) is 1. The largest absolute Gasteiger partial charge is 0.352 e. The summed E-state index contributed by atoms with van der Waals surface area (Å²) < 4.78 is 0. The van der Waals surface area contributed by atoms with Gasteiger partial charge in [0.05, 0.1) is 0 Å². The van der Waals surface area contributed by atoms with E-state index in [-0.39, 0.29) is 11.9 Å². The van der Waals surface area contributed by atoms with Crippen LogP contribution in [0.3, 0.4) is 0 Å². The lowest BCUT2D eigenvalue weighted by Crippen LogP contribution is -2.43. The molecule has 0 spiro atoms. The number of benzene rings is 1. The van der Waals surface area contributed by atoms with Crippen molar-refractivity contribution in [3.05, 3.63) is 35.9 Å². The van der Waals surface area contributed by atoms with Gasteiger partial charge >= 0.3 is 6.03 Å². The van der Waals surface area contributed by atoms with Gasteiger partial charge < -0.3 is 16.0 Å². The van der Waals surface area contributed by atoms with Crippen molar-refractivity contribution in [2.45, 2.75) is 32.4 Å². The lowest BCUT2D eigenvalue weighted by Gasteiger charge is -2.29. The minimum atomic E-state index is -0.587. The molecule has 1 aromatic carbocycles. The van der Waals surface area contributed by atoms with Gasteiger partial charge in [-0.2, -0.15) is 0 Å². The monoisotopic (exact) mass is 318 g/mol. The molecule has 0 saturated carbocycles. The minimum absolute atomic E-state index is 0.0767. The molecule has 1 fully saturated rings. The molecule has 1 saturated heterocycles. The van der Waals surface area contributed by atoms with E-state index in [1.807, 2.05) is 11.0 Å². The summed E-state index contributed by atoms with van der Waals surface area (Å²) in [4.78, 5) is 27.3. The van der Waals surface area contributed by atoms with Crippen LogP contribution in [0.1, 0.15) is 25.3 Å². The van der Waals surface area contributed by atoms with Gasteiger partial charge in [0.1, 0.15) is 0 Å². The molecule has 3 N–H and O–H groups in total. The fourth-order valence-electron chi connectivity index (χ4n) is 3.04. The Morgan fingerprint density at radius 3 is 2.70 bits per heavy atom. The first-order valence-corrected chi connectivity index (χ1v) is 8.15. The highest BCUT2D eigenvalue weighted by Gasteiger charge is 2.25. The van der Waals surface area contributed by atoms with Crippen molar-refractivity contribution in [2.24, 2.45) is 5.73 Å². The van der Waals surface area contributed by atoms with E-state index in [4.69, 9.17) is 5.73 Å². The zero-order valence-electron chi connectivity index (χ0n) is 13.7. The number of rotatable bonds is 5. The van der Waals surface area contributed by atoms with Crippen molar-refractivity contribution in [1.82, 2.24) is 15.1 Å². The van der Waals surface area contributed by atoms with Crippen LogP contribution < -0.4 is 11.1 Å². The molecular weight excluding hydrogens is 292 g/mol. The first kappa shape index (κ1) is 17.3. The Bertz CT molecular complexity index is 521. The molecule has 23 heavy (non-hydrogen) atoms. The summed E-state index contributed by atoms with van der Waals surface area (Å²) in [7, 11) is 0. The van der Waals surface area contributed by atoms with Crippen molar-refractivity contribution in [3.8, 4) is 0 Å². The van der Waals surface area contributed by atoms with Crippen molar-refractivity contribution < 1.29 is 9.59 Å². The van der Waals surface area contributed by atoms with Gasteiger partial charge in [-0.25, -0.2) is 4.79 Å². The number of urea groups is 1. The Morgan fingerprint density at radius 1 is 1.26 bits per heavy atom. The molecule has 1 aliphatic heterocycles. The average Bonchev–Trinajstić information content (AvgIpc) is 2.69. The highest BCUT2D eigenvalue weighted by Crippen LogP contribution is 2.14. The number of nitrogens with zero attached hydrogens (tertiary/aromatic N) is 2. The number of amides is 3. The van der Waals surface area contributed by atoms with E-state index in [0.29, 0.717) is 13.0 Å². The molecule has 1 unspecified atom stereocenters. The minimum Gasteiger partial charge on any atom is -0.352 e. The van der Waals surface area contributed by atoms with Gasteiger partial charge in [-0.05, 0) is 18.9 Å². The van der Waals surface area contributed by atoms with Crippen LogP contribution in [-0.4, -0.2) is 54.0 Å². The van der Waals surface area contributed by atoms with E-state index < -0.39 is 6.03 Å². The topological polar surface area (TPSA) is 78.7 Å². The van der Waals surface area contributed by atoms with Crippen LogP contribution in [0.2, 0.25) is 0 Å². The maximum atomic E-state index is 12.3. The Kier molecular flexibility index (Phi) is 6.40. The second-order valence-electron chi connectivity index (χ2n) is 6.05. The van der Waals surface area contributed by atoms with Crippen LogP contribution in [-0.2, 0) is 11.3 Å². The molecular formula is C17H26N4O2. The molecule has 3 amide bonds. The van der Waals surface area contributed by atoms with Crippen LogP contribution in [0.15, 0.2) is 30.3 Å². The molecule has 0 radical (unpaired) electrons. The first-order valence-electron chi connectivity index (χ1n) is 8.15. The van der Waals surface area contributed by atoms with E-state index in [9.17, 15) is 9.59 Å². The SMILES string of the molecule is CC1CN(Cc2ccccc2)CCCN1C(=O)CCNC(N)=O. The van der Waals surface area contributed by atoms with Gasteiger partial charge in [0.25, 0.3) is 0 Å². The second-order valence-corrected chi connectivity index (χ2v) is 6.05. The zero-order valence-corrected chi connectivity index (χ0v) is 13.7. The summed E-state index contributed by atoms with van der Waals surface area (Å²) >= 11 is 0. The van der Waals surface area contributed by atoms with Crippen LogP contribution in [0.5, 0.6) is 0 Å². The van der Waals surface area contributed by atoms with Gasteiger partial charge in [-0.1, -0.05) is 30.3 Å². The molecule has 1 aliphatic rings. The van der Waals surface area contributed by atoms with E-state index in [2.05, 4.69) is 41.4 Å². The van der Waals surface area contributed by atoms with Gasteiger partial charge in [-0.3, -0.25) is 9.69 Å². The number of hydrogen-bond donors (Lipinski definition) is 2. The van der Waals surface area contributed by atoms with Gasteiger partial charge in [0, 0.05) is 45.2 Å². The summed E-state index contributed by atoms with van der Waals surface area (Å²) in [6.07, 6.45) is 1.26. The smallest absolute Gasteiger partial charge is 0.312 e. The van der Waals surface area contributed by atoms with E-state index in [1.54, 1.807) is 0 Å². The fourth-order valence-corrected chi connectivity index (χ4v) is 3.04. The standard InChI is InChI=1S/C17H26N4O2/c1-14-12-20(13-15-6-3-2-4-7-15)10-5-11-21(14)16(22)8-9-19-17(18)23/h2-4,6-7,14H,5,8-13H2,1H3,(H3,18,19,23). The van der Waals surface area contributed by atoms with Crippen LogP contribution in [0.4, 0.5) is 4.79 Å². The molecule has 1 heterocycles. The van der Waals surface area contributed by atoms with E-state index in [0.717, 1.165) is 32.6 Å². The maximum Gasteiger partial charge on any atom is 0.312 e. The van der Waals surface area contributed by atoms with Gasteiger partial charge in [0.15, 0.2) is 0 Å². The Balaban J connectivity index is 1.86. The third kappa shape index (κ3) is 5.56. The first-order chi connectivity index (χ1) is 11.1. The third-order valence-electron chi connectivity index (χ3n) is 4.14. The molecule has 6 nitrogen and oxygen atoms in total.